The Balaban J connectivity index is 1.54. The molecule has 4 nitrogen and oxygen atoms in total. The molecule has 1 saturated heterocycles. The number of primary amides is 1. The zero-order chi connectivity index (χ0) is 17.3. The monoisotopic (exact) mass is 335 g/mol. The van der Waals surface area contributed by atoms with Gasteiger partial charge in [0, 0.05) is 38.5 Å². The number of rotatable bonds is 4. The third-order valence-electron chi connectivity index (χ3n) is 5.73. The van der Waals surface area contributed by atoms with Crippen LogP contribution in [0.5, 0.6) is 0 Å². The van der Waals surface area contributed by atoms with E-state index in [1.807, 2.05) is 18.2 Å². The Kier molecular flexibility index (Phi) is 4.32. The third kappa shape index (κ3) is 3.08. The van der Waals surface area contributed by atoms with Crippen molar-refractivity contribution in [3.05, 3.63) is 71.3 Å². The Morgan fingerprint density at radius 1 is 1.08 bits per heavy atom. The van der Waals surface area contributed by atoms with E-state index in [-0.39, 0.29) is 5.91 Å². The van der Waals surface area contributed by atoms with Gasteiger partial charge in [-0.15, -0.1) is 0 Å². The number of nitrogens with one attached hydrogen (secondary N) is 1. The quantitative estimate of drug-likeness (QED) is 0.891. The number of piperazine rings is 1. The predicted molar refractivity (Wildman–Crippen MR) is 99.3 cm³/mol. The molecule has 0 bridgehead atoms. The van der Waals surface area contributed by atoms with Crippen molar-refractivity contribution in [2.75, 3.05) is 19.6 Å². The summed E-state index contributed by atoms with van der Waals surface area (Å²) in [6.07, 6.45) is 2.44. The molecule has 25 heavy (non-hydrogen) atoms. The molecule has 1 aliphatic carbocycles. The zero-order valence-electron chi connectivity index (χ0n) is 14.4. The summed E-state index contributed by atoms with van der Waals surface area (Å²) in [7, 11) is 0. The van der Waals surface area contributed by atoms with Crippen LogP contribution in [-0.2, 0) is 24.1 Å². The average Bonchev–Trinajstić information content (AvgIpc) is 3.04. The number of carbonyl (C=O) groups excluding carboxylic acids is 1. The first kappa shape index (κ1) is 16.3. The van der Waals surface area contributed by atoms with Gasteiger partial charge in [-0.25, -0.2) is 0 Å². The van der Waals surface area contributed by atoms with Crippen LogP contribution < -0.4 is 11.1 Å². The van der Waals surface area contributed by atoms with Gasteiger partial charge in [0.25, 0.3) is 0 Å². The Bertz CT molecular complexity index is 734. The Morgan fingerprint density at radius 3 is 2.36 bits per heavy atom. The minimum atomic E-state index is -0.569. The maximum atomic E-state index is 12.5. The normalized spacial score (nSPS) is 22.5. The molecule has 0 spiro atoms. The molecule has 0 aromatic heterocycles. The lowest BCUT2D eigenvalue weighted by Gasteiger charge is -2.44. The van der Waals surface area contributed by atoms with E-state index in [1.54, 1.807) is 0 Å². The van der Waals surface area contributed by atoms with Crippen LogP contribution in [0.3, 0.4) is 0 Å². The summed E-state index contributed by atoms with van der Waals surface area (Å²) in [6.45, 7) is 2.61. The van der Waals surface area contributed by atoms with Crippen molar-refractivity contribution in [2.24, 2.45) is 5.73 Å². The number of fused-ring (bicyclic) bond motifs is 1. The second-order valence-corrected chi connectivity index (χ2v) is 7.30. The molecule has 1 amide bonds. The van der Waals surface area contributed by atoms with E-state index in [4.69, 9.17) is 5.73 Å². The molecule has 4 heteroatoms. The minimum absolute atomic E-state index is 0.191. The summed E-state index contributed by atoms with van der Waals surface area (Å²) in [6, 6.07) is 19.2. The maximum Gasteiger partial charge on any atom is 0.238 e. The molecule has 2 aliphatic rings. The highest BCUT2D eigenvalue weighted by molar-refractivity contribution is 5.86. The van der Waals surface area contributed by atoms with E-state index in [0.717, 1.165) is 38.9 Å². The van der Waals surface area contributed by atoms with E-state index in [0.29, 0.717) is 6.04 Å². The highest BCUT2D eigenvalue weighted by Gasteiger charge is 2.48. The molecule has 1 unspecified atom stereocenters. The van der Waals surface area contributed by atoms with Crippen molar-refractivity contribution >= 4 is 5.91 Å². The Labute approximate surface area is 149 Å². The third-order valence-corrected chi connectivity index (χ3v) is 5.73. The van der Waals surface area contributed by atoms with Crippen molar-refractivity contribution in [3.8, 4) is 0 Å². The topological polar surface area (TPSA) is 58.4 Å². The number of hydrogen-bond acceptors (Lipinski definition) is 3. The lowest BCUT2D eigenvalue weighted by atomic mass is 9.90. The van der Waals surface area contributed by atoms with Crippen molar-refractivity contribution < 1.29 is 4.79 Å². The van der Waals surface area contributed by atoms with Crippen LogP contribution in [0.1, 0.15) is 16.7 Å². The first-order valence-corrected chi connectivity index (χ1v) is 9.06. The molecule has 1 atom stereocenters. The standard InChI is InChI=1S/C21H25N3O/c22-20(25)21(13-17-8-4-5-9-18(17)14-21)24-11-10-23-19(15-24)12-16-6-2-1-3-7-16/h1-9,19,23H,10-15H2,(H2,22,25). The highest BCUT2D eigenvalue weighted by atomic mass is 16.1. The van der Waals surface area contributed by atoms with Gasteiger partial charge in [0.05, 0.1) is 0 Å². The van der Waals surface area contributed by atoms with Crippen molar-refractivity contribution in [1.82, 2.24) is 10.2 Å². The van der Waals surface area contributed by atoms with E-state index in [2.05, 4.69) is 46.6 Å². The van der Waals surface area contributed by atoms with Gasteiger partial charge in [-0.3, -0.25) is 9.69 Å². The summed E-state index contributed by atoms with van der Waals surface area (Å²) in [4.78, 5) is 14.8. The second-order valence-electron chi connectivity index (χ2n) is 7.30. The molecule has 0 radical (unpaired) electrons. The molecule has 4 rings (SSSR count). The molecule has 130 valence electrons. The second kappa shape index (κ2) is 6.62. The summed E-state index contributed by atoms with van der Waals surface area (Å²) < 4.78 is 0. The van der Waals surface area contributed by atoms with Crippen LogP contribution in [0.4, 0.5) is 0 Å². The van der Waals surface area contributed by atoms with Gasteiger partial charge in [-0.1, -0.05) is 54.6 Å². The average molecular weight is 335 g/mol. The summed E-state index contributed by atoms with van der Waals surface area (Å²) in [5, 5.41) is 3.60. The molecular formula is C21H25N3O. The van der Waals surface area contributed by atoms with E-state index in [9.17, 15) is 4.79 Å². The number of nitrogens with two attached hydrogens (primary N) is 1. The number of amides is 1. The Morgan fingerprint density at radius 2 is 1.72 bits per heavy atom. The number of carbonyl (C=O) groups is 1. The van der Waals surface area contributed by atoms with Gasteiger partial charge < -0.3 is 11.1 Å². The fourth-order valence-corrected chi connectivity index (χ4v) is 4.40. The highest BCUT2D eigenvalue weighted by Crippen LogP contribution is 2.35. The molecule has 2 aromatic carbocycles. The first-order chi connectivity index (χ1) is 12.2. The maximum absolute atomic E-state index is 12.5. The van der Waals surface area contributed by atoms with Gasteiger partial charge in [0.15, 0.2) is 0 Å². The van der Waals surface area contributed by atoms with Gasteiger partial charge in [0.2, 0.25) is 5.91 Å². The van der Waals surface area contributed by atoms with Crippen LogP contribution in [0.2, 0.25) is 0 Å². The Hall–Kier alpha value is -2.17. The van der Waals surface area contributed by atoms with Crippen LogP contribution in [0, 0.1) is 0 Å². The van der Waals surface area contributed by atoms with Gasteiger partial charge >= 0.3 is 0 Å². The minimum Gasteiger partial charge on any atom is -0.368 e. The zero-order valence-corrected chi connectivity index (χ0v) is 14.4. The van der Waals surface area contributed by atoms with E-state index in [1.165, 1.54) is 16.7 Å². The molecule has 1 heterocycles. The number of hydrogen-bond donors (Lipinski definition) is 2. The SMILES string of the molecule is NC(=O)C1(N2CCNC(Cc3ccccc3)C2)Cc2ccccc2C1. The van der Waals surface area contributed by atoms with E-state index < -0.39 is 5.54 Å². The summed E-state index contributed by atoms with van der Waals surface area (Å²) in [5.74, 6) is -0.191. The van der Waals surface area contributed by atoms with Gasteiger partial charge in [-0.2, -0.15) is 0 Å². The van der Waals surface area contributed by atoms with Gasteiger partial charge in [0.1, 0.15) is 5.54 Å². The van der Waals surface area contributed by atoms with Gasteiger partial charge in [-0.05, 0) is 23.1 Å². The predicted octanol–water partition coefficient (Wildman–Crippen LogP) is 1.53. The molecule has 1 aliphatic heterocycles. The first-order valence-electron chi connectivity index (χ1n) is 9.06. The van der Waals surface area contributed by atoms with Crippen molar-refractivity contribution in [3.63, 3.8) is 0 Å². The summed E-state index contributed by atoms with van der Waals surface area (Å²) >= 11 is 0. The van der Waals surface area contributed by atoms with E-state index >= 15 is 0 Å². The van der Waals surface area contributed by atoms with Crippen molar-refractivity contribution in [2.45, 2.75) is 30.8 Å². The summed E-state index contributed by atoms with van der Waals surface area (Å²) in [5.41, 5.74) is 9.22. The van der Waals surface area contributed by atoms with Crippen LogP contribution in [0.25, 0.3) is 0 Å². The fraction of sp³-hybridized carbons (Fsp3) is 0.381. The molecule has 1 fully saturated rings. The molecule has 2 aromatic rings. The molecule has 0 saturated carbocycles. The van der Waals surface area contributed by atoms with Crippen LogP contribution in [0.15, 0.2) is 54.6 Å². The van der Waals surface area contributed by atoms with Crippen LogP contribution >= 0.6 is 0 Å². The van der Waals surface area contributed by atoms with Crippen LogP contribution in [-0.4, -0.2) is 42.0 Å². The molecular weight excluding hydrogens is 310 g/mol. The number of nitrogens with zero attached hydrogens (tertiary/aromatic N) is 1. The lowest BCUT2D eigenvalue weighted by Crippen LogP contribution is -2.65. The fourth-order valence-electron chi connectivity index (χ4n) is 4.40. The smallest absolute Gasteiger partial charge is 0.238 e. The molecule has 3 N–H and O–H groups in total. The number of benzene rings is 2. The lowest BCUT2D eigenvalue weighted by molar-refractivity contribution is -0.130. The largest absolute Gasteiger partial charge is 0.368 e. The van der Waals surface area contributed by atoms with Crippen molar-refractivity contribution in [1.29, 1.82) is 0 Å².